The number of hydrogen-bond donors (Lipinski definition) is 1. The Morgan fingerprint density at radius 3 is 1.56 bits per heavy atom. The molecule has 27 heavy (non-hydrogen) atoms. The van der Waals surface area contributed by atoms with Crippen molar-refractivity contribution in [1.29, 1.82) is 0 Å². The van der Waals surface area contributed by atoms with Crippen LogP contribution >= 0.6 is 0 Å². The molecule has 0 aromatic heterocycles. The lowest BCUT2D eigenvalue weighted by atomic mass is 9.84. The van der Waals surface area contributed by atoms with Crippen molar-refractivity contribution >= 4 is 5.78 Å². The molecule has 0 aliphatic heterocycles. The van der Waals surface area contributed by atoms with Crippen LogP contribution in [0.5, 0.6) is 0 Å². The molecule has 1 rings (SSSR count). The highest BCUT2D eigenvalue weighted by Crippen LogP contribution is 2.27. The summed E-state index contributed by atoms with van der Waals surface area (Å²) < 4.78 is 0. The molecule has 0 aromatic rings. The maximum absolute atomic E-state index is 11.4. The minimum Gasteiger partial charge on any atom is -0.389 e. The fourth-order valence-corrected chi connectivity index (χ4v) is 4.23. The van der Waals surface area contributed by atoms with Gasteiger partial charge in [0, 0.05) is 6.42 Å². The number of ketones is 1. The first-order valence-corrected chi connectivity index (χ1v) is 12.1. The van der Waals surface area contributed by atoms with Gasteiger partial charge in [0.1, 0.15) is 0 Å². The summed E-state index contributed by atoms with van der Waals surface area (Å²) in [6.07, 6.45) is 28.5. The van der Waals surface area contributed by atoms with Crippen molar-refractivity contribution in [3.05, 3.63) is 12.2 Å². The summed E-state index contributed by atoms with van der Waals surface area (Å²) in [5, 5.41) is 10.4. The zero-order chi connectivity index (χ0) is 19.6. The zero-order valence-corrected chi connectivity index (χ0v) is 18.2. The summed E-state index contributed by atoms with van der Waals surface area (Å²) in [7, 11) is 0. The molecule has 0 aromatic carbocycles. The molecule has 0 heterocycles. The molecule has 1 aliphatic rings. The summed E-state index contributed by atoms with van der Waals surface area (Å²) in [6, 6.07) is 0. The smallest absolute Gasteiger partial charge is 0.158 e. The van der Waals surface area contributed by atoms with E-state index in [1.165, 1.54) is 103 Å². The Kier molecular flexibility index (Phi) is 14.8. The van der Waals surface area contributed by atoms with E-state index in [9.17, 15) is 9.90 Å². The van der Waals surface area contributed by atoms with Gasteiger partial charge in [-0.25, -0.2) is 0 Å². The Morgan fingerprint density at radius 1 is 0.741 bits per heavy atom. The Hall–Kier alpha value is -0.630. The van der Waals surface area contributed by atoms with Crippen LogP contribution in [0.3, 0.4) is 0 Å². The maximum atomic E-state index is 11.4. The molecule has 1 N–H and O–H groups in total. The van der Waals surface area contributed by atoms with E-state index in [2.05, 4.69) is 6.92 Å². The second kappa shape index (κ2) is 16.3. The standard InChI is InChI=1S/C25H46O2/c1-2-3-4-5-6-7-8-9-10-11-12-13-14-15-16-17-18-21-25(27)22-19-20-24(26)23-25/h19-20,27H,2-18,21-23H2,1H3/t25-/m0/s1. The first-order chi connectivity index (χ1) is 13.2. The van der Waals surface area contributed by atoms with Crippen molar-refractivity contribution in [2.75, 3.05) is 0 Å². The fourth-order valence-electron chi connectivity index (χ4n) is 4.23. The molecule has 0 unspecified atom stereocenters. The molecular weight excluding hydrogens is 332 g/mol. The molecule has 158 valence electrons. The predicted molar refractivity (Wildman–Crippen MR) is 117 cm³/mol. The number of unbranched alkanes of at least 4 members (excludes halogenated alkanes) is 16. The van der Waals surface area contributed by atoms with Crippen molar-refractivity contribution in [3.63, 3.8) is 0 Å². The fraction of sp³-hybridized carbons (Fsp3) is 0.880. The van der Waals surface area contributed by atoms with Crippen LogP contribution < -0.4 is 0 Å². The van der Waals surface area contributed by atoms with E-state index in [0.29, 0.717) is 12.8 Å². The number of rotatable bonds is 18. The molecule has 2 heteroatoms. The third-order valence-electron chi connectivity index (χ3n) is 6.05. The molecule has 0 spiro atoms. The van der Waals surface area contributed by atoms with Crippen LogP contribution in [0.1, 0.15) is 135 Å². The molecule has 0 fully saturated rings. The third kappa shape index (κ3) is 14.1. The lowest BCUT2D eigenvalue weighted by Gasteiger charge is -2.28. The largest absolute Gasteiger partial charge is 0.389 e. The van der Waals surface area contributed by atoms with Crippen molar-refractivity contribution in [1.82, 2.24) is 0 Å². The van der Waals surface area contributed by atoms with Gasteiger partial charge in [0.25, 0.3) is 0 Å². The van der Waals surface area contributed by atoms with Crippen molar-refractivity contribution in [2.45, 2.75) is 141 Å². The van der Waals surface area contributed by atoms with E-state index < -0.39 is 5.60 Å². The topological polar surface area (TPSA) is 37.3 Å². The molecule has 1 aliphatic carbocycles. The second-order valence-corrected chi connectivity index (χ2v) is 8.88. The molecule has 0 saturated carbocycles. The Bertz CT molecular complexity index is 388. The normalized spacial score (nSPS) is 19.7. The van der Waals surface area contributed by atoms with Gasteiger partial charge in [-0.05, 0) is 18.9 Å². The first kappa shape index (κ1) is 24.4. The summed E-state index contributed by atoms with van der Waals surface area (Å²) >= 11 is 0. The van der Waals surface area contributed by atoms with Crippen LogP contribution in [0, 0.1) is 0 Å². The number of carbonyl (C=O) groups is 1. The Balaban J connectivity index is 1.76. The van der Waals surface area contributed by atoms with E-state index in [1.807, 2.05) is 6.08 Å². The highest BCUT2D eigenvalue weighted by molar-refractivity contribution is 5.91. The lowest BCUT2D eigenvalue weighted by molar-refractivity contribution is -0.120. The molecule has 0 radical (unpaired) electrons. The number of carbonyl (C=O) groups excluding carboxylic acids is 1. The van der Waals surface area contributed by atoms with E-state index in [-0.39, 0.29) is 5.78 Å². The van der Waals surface area contributed by atoms with Crippen molar-refractivity contribution in [2.24, 2.45) is 0 Å². The van der Waals surface area contributed by atoms with E-state index >= 15 is 0 Å². The average molecular weight is 379 g/mol. The van der Waals surface area contributed by atoms with Gasteiger partial charge in [-0.2, -0.15) is 0 Å². The van der Waals surface area contributed by atoms with E-state index in [1.54, 1.807) is 6.08 Å². The first-order valence-electron chi connectivity index (χ1n) is 12.1. The molecule has 2 nitrogen and oxygen atoms in total. The minimum atomic E-state index is -0.749. The highest BCUT2D eigenvalue weighted by Gasteiger charge is 2.29. The van der Waals surface area contributed by atoms with Crippen LogP contribution in [0.25, 0.3) is 0 Å². The third-order valence-corrected chi connectivity index (χ3v) is 6.05. The number of allylic oxidation sites excluding steroid dienone is 1. The second-order valence-electron chi connectivity index (χ2n) is 8.88. The van der Waals surface area contributed by atoms with Crippen molar-refractivity contribution < 1.29 is 9.90 Å². The summed E-state index contributed by atoms with van der Waals surface area (Å²) in [6.45, 7) is 2.28. The van der Waals surface area contributed by atoms with Crippen LogP contribution in [-0.4, -0.2) is 16.5 Å². The molecule has 1 atom stereocenters. The minimum absolute atomic E-state index is 0.0794. The zero-order valence-electron chi connectivity index (χ0n) is 18.2. The van der Waals surface area contributed by atoms with E-state index in [4.69, 9.17) is 0 Å². The van der Waals surface area contributed by atoms with Crippen LogP contribution in [0.15, 0.2) is 12.2 Å². The summed E-state index contributed by atoms with van der Waals surface area (Å²) in [5.74, 6) is 0.0794. The molecule has 0 bridgehead atoms. The molecular formula is C25H46O2. The molecule has 0 saturated heterocycles. The van der Waals surface area contributed by atoms with Crippen LogP contribution in [0.4, 0.5) is 0 Å². The Labute approximate surface area is 169 Å². The van der Waals surface area contributed by atoms with Gasteiger partial charge in [0.2, 0.25) is 0 Å². The van der Waals surface area contributed by atoms with Gasteiger partial charge < -0.3 is 5.11 Å². The molecule has 0 amide bonds. The van der Waals surface area contributed by atoms with Crippen LogP contribution in [0.2, 0.25) is 0 Å². The number of hydrogen-bond acceptors (Lipinski definition) is 2. The van der Waals surface area contributed by atoms with Gasteiger partial charge >= 0.3 is 0 Å². The monoisotopic (exact) mass is 378 g/mol. The quantitative estimate of drug-likeness (QED) is 0.248. The summed E-state index contributed by atoms with van der Waals surface area (Å²) in [5.41, 5.74) is -0.749. The van der Waals surface area contributed by atoms with Crippen molar-refractivity contribution in [3.8, 4) is 0 Å². The predicted octanol–water partition coefficient (Wildman–Crippen LogP) is 7.68. The van der Waals surface area contributed by atoms with Gasteiger partial charge in [-0.15, -0.1) is 0 Å². The SMILES string of the molecule is CCCCCCCCCCCCCCCCCCC[C@]1(O)CC=CC(=O)C1. The van der Waals surface area contributed by atoms with E-state index in [0.717, 1.165) is 12.8 Å². The summed E-state index contributed by atoms with van der Waals surface area (Å²) in [4.78, 5) is 11.4. The average Bonchev–Trinajstić information content (AvgIpc) is 2.64. The highest BCUT2D eigenvalue weighted by atomic mass is 16.3. The Morgan fingerprint density at radius 2 is 1.15 bits per heavy atom. The van der Waals surface area contributed by atoms with Gasteiger partial charge in [-0.1, -0.05) is 122 Å². The number of aliphatic hydroxyl groups is 1. The maximum Gasteiger partial charge on any atom is 0.158 e. The van der Waals surface area contributed by atoms with Gasteiger partial charge in [0.15, 0.2) is 5.78 Å². The lowest BCUT2D eigenvalue weighted by Crippen LogP contribution is -2.33. The van der Waals surface area contributed by atoms with Crippen LogP contribution in [-0.2, 0) is 4.79 Å². The van der Waals surface area contributed by atoms with Gasteiger partial charge in [0.05, 0.1) is 5.60 Å². The van der Waals surface area contributed by atoms with Gasteiger partial charge in [-0.3, -0.25) is 4.79 Å².